The van der Waals surface area contributed by atoms with Crippen molar-refractivity contribution < 1.29 is 0 Å². The molecule has 2 heterocycles. The molecule has 0 aromatic carbocycles. The first kappa shape index (κ1) is 10.6. The summed E-state index contributed by atoms with van der Waals surface area (Å²) < 4.78 is 2.21. The number of pyridine rings is 1. The molecule has 0 bridgehead atoms. The van der Waals surface area contributed by atoms with Crippen LogP contribution in [0, 0.1) is 13.8 Å². The van der Waals surface area contributed by atoms with Gasteiger partial charge in [-0.05, 0) is 35.8 Å². The van der Waals surface area contributed by atoms with E-state index in [9.17, 15) is 4.79 Å². The van der Waals surface area contributed by atoms with Gasteiger partial charge < -0.3 is 0 Å². The average Bonchev–Trinajstić information content (AvgIpc) is 2.17. The van der Waals surface area contributed by atoms with Crippen LogP contribution in [-0.4, -0.2) is 9.38 Å². The molecule has 2 aromatic heterocycles. The van der Waals surface area contributed by atoms with Crippen molar-refractivity contribution in [3.63, 3.8) is 0 Å². The van der Waals surface area contributed by atoms with Crippen LogP contribution in [-0.2, 0) is 0 Å². The lowest BCUT2D eigenvalue weighted by atomic mass is 10.2. The number of rotatable bonds is 0. The Kier molecular flexibility index (Phi) is 2.56. The van der Waals surface area contributed by atoms with Crippen molar-refractivity contribution in [1.82, 2.24) is 9.38 Å². The maximum atomic E-state index is 11.9. The molecule has 5 heteroatoms. The molecule has 0 spiro atoms. The van der Waals surface area contributed by atoms with E-state index >= 15 is 0 Å². The Morgan fingerprint density at radius 2 is 2.13 bits per heavy atom. The maximum absolute atomic E-state index is 11.9. The van der Waals surface area contributed by atoms with E-state index in [0.29, 0.717) is 21.9 Å². The van der Waals surface area contributed by atoms with E-state index in [4.69, 9.17) is 11.6 Å². The van der Waals surface area contributed by atoms with Crippen molar-refractivity contribution in [2.75, 3.05) is 0 Å². The van der Waals surface area contributed by atoms with Crippen molar-refractivity contribution in [1.29, 1.82) is 0 Å². The minimum absolute atomic E-state index is 0.0827. The second-order valence-electron chi connectivity index (χ2n) is 3.33. The van der Waals surface area contributed by atoms with E-state index in [1.807, 2.05) is 0 Å². The zero-order chi connectivity index (χ0) is 11.2. The highest BCUT2D eigenvalue weighted by Crippen LogP contribution is 2.20. The summed E-state index contributed by atoms with van der Waals surface area (Å²) >= 11 is 9.29. The Balaban J connectivity index is 3.06. The van der Waals surface area contributed by atoms with Gasteiger partial charge in [-0.2, -0.15) is 0 Å². The van der Waals surface area contributed by atoms with Crippen LogP contribution >= 0.6 is 27.5 Å². The molecule has 0 atom stereocenters. The van der Waals surface area contributed by atoms with E-state index in [-0.39, 0.29) is 5.56 Å². The smallest absolute Gasteiger partial charge is 0.261 e. The quantitative estimate of drug-likeness (QED) is 0.746. The number of hydrogen-bond donors (Lipinski definition) is 0. The first-order valence-corrected chi connectivity index (χ1v) is 5.52. The molecule has 0 aliphatic carbocycles. The number of hydrogen-bond acceptors (Lipinski definition) is 2. The molecule has 0 radical (unpaired) electrons. The highest BCUT2D eigenvalue weighted by Gasteiger charge is 2.08. The molecule has 0 fully saturated rings. The summed E-state index contributed by atoms with van der Waals surface area (Å²) in [6.07, 6.45) is 1.67. The summed E-state index contributed by atoms with van der Waals surface area (Å²) in [7, 11) is 0. The van der Waals surface area contributed by atoms with Crippen molar-refractivity contribution in [2.45, 2.75) is 13.8 Å². The number of fused-ring (bicyclic) bond motifs is 1. The summed E-state index contributed by atoms with van der Waals surface area (Å²) in [6.45, 7) is 3.56. The largest absolute Gasteiger partial charge is 0.269 e. The van der Waals surface area contributed by atoms with Gasteiger partial charge in [-0.1, -0.05) is 11.6 Å². The van der Waals surface area contributed by atoms with Crippen molar-refractivity contribution in [3.05, 3.63) is 43.4 Å². The van der Waals surface area contributed by atoms with Crippen LogP contribution in [0.4, 0.5) is 0 Å². The van der Waals surface area contributed by atoms with Gasteiger partial charge in [0.05, 0.1) is 5.02 Å². The molecule has 2 rings (SSSR count). The predicted molar refractivity (Wildman–Crippen MR) is 63.6 cm³/mol. The number of aryl methyl sites for hydroxylation is 1. The Morgan fingerprint density at radius 1 is 1.47 bits per heavy atom. The molecule has 0 unspecified atom stereocenters. The molecule has 0 N–H and O–H groups in total. The highest BCUT2D eigenvalue weighted by atomic mass is 79.9. The van der Waals surface area contributed by atoms with Gasteiger partial charge >= 0.3 is 0 Å². The van der Waals surface area contributed by atoms with E-state index in [1.165, 1.54) is 4.40 Å². The van der Waals surface area contributed by atoms with Crippen molar-refractivity contribution in [3.8, 4) is 0 Å². The fourth-order valence-electron chi connectivity index (χ4n) is 1.36. The zero-order valence-electron chi connectivity index (χ0n) is 8.21. The molecule has 78 valence electrons. The SMILES string of the molecule is Cc1nc2c(Cl)cc(Br)cn2c(=O)c1C. The van der Waals surface area contributed by atoms with Crippen LogP contribution in [0.3, 0.4) is 0 Å². The Labute approximate surface area is 99.8 Å². The highest BCUT2D eigenvalue weighted by molar-refractivity contribution is 9.10. The van der Waals surface area contributed by atoms with Gasteiger partial charge in [0.15, 0.2) is 5.65 Å². The molecule has 0 saturated carbocycles. The lowest BCUT2D eigenvalue weighted by molar-refractivity contribution is 0.980. The predicted octanol–water partition coefficient (Wildman–Crippen LogP) is 2.73. The van der Waals surface area contributed by atoms with E-state index < -0.39 is 0 Å². The van der Waals surface area contributed by atoms with Crippen LogP contribution in [0.2, 0.25) is 5.02 Å². The van der Waals surface area contributed by atoms with Gasteiger partial charge in [0.1, 0.15) is 0 Å². The van der Waals surface area contributed by atoms with E-state index in [1.54, 1.807) is 26.1 Å². The number of aromatic nitrogens is 2. The lowest BCUT2D eigenvalue weighted by Gasteiger charge is -2.06. The molecule has 0 aliphatic rings. The second-order valence-corrected chi connectivity index (χ2v) is 4.65. The Morgan fingerprint density at radius 3 is 2.80 bits per heavy atom. The molecule has 0 amide bonds. The van der Waals surface area contributed by atoms with Gasteiger partial charge in [-0.25, -0.2) is 4.98 Å². The summed E-state index contributed by atoms with van der Waals surface area (Å²) in [5, 5.41) is 0.463. The van der Waals surface area contributed by atoms with Crippen LogP contribution in [0.25, 0.3) is 5.65 Å². The van der Waals surface area contributed by atoms with Gasteiger partial charge in [-0.3, -0.25) is 9.20 Å². The molecule has 15 heavy (non-hydrogen) atoms. The van der Waals surface area contributed by atoms with Gasteiger partial charge in [0.25, 0.3) is 5.56 Å². The lowest BCUT2D eigenvalue weighted by Crippen LogP contribution is -2.19. The number of nitrogens with zero attached hydrogens (tertiary/aromatic N) is 2. The molecular weight excluding hydrogens is 279 g/mol. The topological polar surface area (TPSA) is 34.4 Å². The first-order chi connectivity index (χ1) is 7.00. The zero-order valence-corrected chi connectivity index (χ0v) is 10.6. The van der Waals surface area contributed by atoms with Gasteiger partial charge in [0, 0.05) is 21.9 Å². The number of halogens is 2. The first-order valence-electron chi connectivity index (χ1n) is 4.35. The normalized spacial score (nSPS) is 10.9. The summed E-state index contributed by atoms with van der Waals surface area (Å²) in [5.41, 5.74) is 1.76. The Hall–Kier alpha value is -0.870. The fraction of sp³-hybridized carbons (Fsp3) is 0.200. The third-order valence-electron chi connectivity index (χ3n) is 2.31. The Bertz CT molecular complexity index is 606. The average molecular weight is 288 g/mol. The van der Waals surface area contributed by atoms with Crippen molar-refractivity contribution >= 4 is 33.2 Å². The van der Waals surface area contributed by atoms with Crippen LogP contribution in [0.15, 0.2) is 21.5 Å². The van der Waals surface area contributed by atoms with Crippen LogP contribution < -0.4 is 5.56 Å². The van der Waals surface area contributed by atoms with Crippen LogP contribution in [0.5, 0.6) is 0 Å². The van der Waals surface area contributed by atoms with Gasteiger partial charge in [-0.15, -0.1) is 0 Å². The van der Waals surface area contributed by atoms with E-state index in [0.717, 1.165) is 4.47 Å². The summed E-state index contributed by atoms with van der Waals surface area (Å²) in [5.74, 6) is 0. The molecular formula is C10H8BrClN2O. The minimum atomic E-state index is -0.0827. The molecule has 0 aliphatic heterocycles. The standard InChI is InChI=1S/C10H8BrClN2O/c1-5-6(2)13-9-8(12)3-7(11)4-14(9)10(5)15/h3-4H,1-2H3. The fourth-order valence-corrected chi connectivity index (χ4v) is 2.18. The van der Waals surface area contributed by atoms with Gasteiger partial charge in [0.2, 0.25) is 0 Å². The third kappa shape index (κ3) is 1.68. The third-order valence-corrected chi connectivity index (χ3v) is 3.03. The summed E-state index contributed by atoms with van der Waals surface area (Å²) in [4.78, 5) is 16.2. The molecule has 2 aromatic rings. The van der Waals surface area contributed by atoms with Crippen LogP contribution in [0.1, 0.15) is 11.3 Å². The molecule has 0 saturated heterocycles. The summed E-state index contributed by atoms with van der Waals surface area (Å²) in [6, 6.07) is 1.72. The maximum Gasteiger partial charge on any atom is 0.261 e. The monoisotopic (exact) mass is 286 g/mol. The van der Waals surface area contributed by atoms with E-state index in [2.05, 4.69) is 20.9 Å². The van der Waals surface area contributed by atoms with Crippen molar-refractivity contribution in [2.24, 2.45) is 0 Å². The second kappa shape index (κ2) is 3.61. The molecule has 3 nitrogen and oxygen atoms in total. The minimum Gasteiger partial charge on any atom is -0.269 e.